The number of benzene rings is 2. The van der Waals surface area contributed by atoms with E-state index >= 15 is 0 Å². The van der Waals surface area contributed by atoms with Crippen molar-refractivity contribution < 1.29 is 8.85 Å². The van der Waals surface area contributed by atoms with E-state index in [1.807, 2.05) is 0 Å². The van der Waals surface area contributed by atoms with Gasteiger partial charge in [0.25, 0.3) is 16.6 Å². The second kappa shape index (κ2) is 12.0. The molecular formula is C34H52O2Si2. The third kappa shape index (κ3) is 5.80. The van der Waals surface area contributed by atoms with Crippen LogP contribution >= 0.6 is 0 Å². The topological polar surface area (TPSA) is 18.5 Å². The molecule has 0 unspecified atom stereocenters. The van der Waals surface area contributed by atoms with Gasteiger partial charge >= 0.3 is 0 Å². The third-order valence-electron chi connectivity index (χ3n) is 9.15. The van der Waals surface area contributed by atoms with Gasteiger partial charge in [0, 0.05) is 11.1 Å². The van der Waals surface area contributed by atoms with Crippen LogP contribution in [0.5, 0.6) is 11.5 Å². The van der Waals surface area contributed by atoms with Gasteiger partial charge in [-0.15, -0.1) is 0 Å². The predicted octanol–water partition coefficient (Wildman–Crippen LogP) is 10.3. The van der Waals surface area contributed by atoms with Crippen LogP contribution in [0.25, 0.3) is 0 Å². The summed E-state index contributed by atoms with van der Waals surface area (Å²) >= 11 is 0. The van der Waals surface area contributed by atoms with Gasteiger partial charge in [-0.2, -0.15) is 0 Å². The van der Waals surface area contributed by atoms with Gasteiger partial charge in [-0.3, -0.25) is 0 Å². The van der Waals surface area contributed by atoms with Gasteiger partial charge in [-0.25, -0.2) is 0 Å². The Bertz CT molecular complexity index is 1030. The maximum Gasteiger partial charge on any atom is 0.258 e. The van der Waals surface area contributed by atoms with Crippen molar-refractivity contribution >= 4 is 16.6 Å². The molecule has 208 valence electrons. The SMILES string of the molecule is CC(C)[Si](Oc1ccc2c(c1)CCc1cc(O[Si](C(C)C)(C(C)C)C(C)C)ccc1C#C2)(C(C)C)C(C)C. The molecule has 0 amide bonds. The molecule has 0 atom stereocenters. The maximum atomic E-state index is 7.01. The Morgan fingerprint density at radius 2 is 0.789 bits per heavy atom. The van der Waals surface area contributed by atoms with E-state index in [1.165, 1.54) is 11.1 Å². The Hall–Kier alpha value is -1.97. The summed E-state index contributed by atoms with van der Waals surface area (Å²) in [6.07, 6.45) is 1.91. The van der Waals surface area contributed by atoms with Gasteiger partial charge in [0.1, 0.15) is 11.5 Å². The Kier molecular flexibility index (Phi) is 9.69. The average Bonchev–Trinajstić information content (AvgIpc) is 2.81. The highest BCUT2D eigenvalue weighted by Crippen LogP contribution is 2.44. The van der Waals surface area contributed by atoms with E-state index in [0.29, 0.717) is 33.2 Å². The summed E-state index contributed by atoms with van der Waals surface area (Å²) in [5.41, 5.74) is 8.13. The van der Waals surface area contributed by atoms with E-state index in [4.69, 9.17) is 8.85 Å². The minimum Gasteiger partial charge on any atom is -0.543 e. The van der Waals surface area contributed by atoms with Gasteiger partial charge in [0.2, 0.25) is 0 Å². The minimum absolute atomic E-state index is 0.549. The number of aryl methyl sites for hydroxylation is 2. The van der Waals surface area contributed by atoms with E-state index in [-0.39, 0.29) is 0 Å². The molecule has 0 saturated carbocycles. The van der Waals surface area contributed by atoms with Crippen LogP contribution < -0.4 is 8.85 Å². The van der Waals surface area contributed by atoms with Gasteiger partial charge in [-0.05, 0) is 93.6 Å². The van der Waals surface area contributed by atoms with Crippen LogP contribution in [0.15, 0.2) is 36.4 Å². The van der Waals surface area contributed by atoms with Crippen LogP contribution in [0.1, 0.15) is 105 Å². The molecule has 0 radical (unpaired) electrons. The monoisotopic (exact) mass is 548 g/mol. The molecule has 38 heavy (non-hydrogen) atoms. The lowest BCUT2D eigenvalue weighted by Crippen LogP contribution is -2.50. The zero-order valence-electron chi connectivity index (χ0n) is 26.2. The minimum atomic E-state index is -2.00. The summed E-state index contributed by atoms with van der Waals surface area (Å²) in [6, 6.07) is 13.2. The Morgan fingerprint density at radius 3 is 1.05 bits per heavy atom. The van der Waals surface area contributed by atoms with Crippen molar-refractivity contribution in [3.05, 3.63) is 58.7 Å². The van der Waals surface area contributed by atoms with E-state index in [0.717, 1.165) is 35.5 Å². The molecule has 1 aliphatic carbocycles. The van der Waals surface area contributed by atoms with Crippen LogP contribution in [0.2, 0.25) is 33.2 Å². The first kappa shape index (κ1) is 30.6. The second-order valence-corrected chi connectivity index (χ2v) is 24.0. The molecule has 0 aromatic heterocycles. The standard InChI is InChI=1S/C34H52O2Si2/c1-23(2)37(24(3)4,25(5)6)35-33-19-17-29-13-14-30-18-20-34(22-32(30)16-15-31(29)21-33)36-38(26(7)8,27(9)10)28(11)12/h17-28H,15-16H2,1-12H3. The highest BCUT2D eigenvalue weighted by molar-refractivity contribution is 6.78. The molecule has 0 heterocycles. The van der Waals surface area contributed by atoms with Crippen molar-refractivity contribution in [2.24, 2.45) is 0 Å². The summed E-state index contributed by atoms with van der Waals surface area (Å²) in [4.78, 5) is 0. The number of hydrogen-bond donors (Lipinski definition) is 0. The molecular weight excluding hydrogens is 497 g/mol. The van der Waals surface area contributed by atoms with Crippen molar-refractivity contribution in [1.29, 1.82) is 0 Å². The first-order chi connectivity index (χ1) is 17.7. The molecule has 0 N–H and O–H groups in total. The fraction of sp³-hybridized carbons (Fsp3) is 0.588. The largest absolute Gasteiger partial charge is 0.543 e. The first-order valence-electron chi connectivity index (χ1n) is 14.9. The summed E-state index contributed by atoms with van der Waals surface area (Å²) in [6.45, 7) is 28.1. The molecule has 3 rings (SSSR count). The molecule has 0 bridgehead atoms. The van der Waals surface area contributed by atoms with Gasteiger partial charge in [0.15, 0.2) is 0 Å². The number of hydrogen-bond acceptors (Lipinski definition) is 2. The van der Waals surface area contributed by atoms with Crippen molar-refractivity contribution in [2.75, 3.05) is 0 Å². The molecule has 2 nitrogen and oxygen atoms in total. The van der Waals surface area contributed by atoms with Crippen molar-refractivity contribution in [2.45, 2.75) is 129 Å². The van der Waals surface area contributed by atoms with Crippen LogP contribution in [0, 0.1) is 11.8 Å². The summed E-state index contributed by atoms with van der Waals surface area (Å²) in [5.74, 6) is 8.99. The Labute approximate surface area is 236 Å². The normalized spacial score (nSPS) is 13.9. The molecule has 0 fully saturated rings. The van der Waals surface area contributed by atoms with Crippen LogP contribution in [-0.4, -0.2) is 16.6 Å². The van der Waals surface area contributed by atoms with E-state index in [1.54, 1.807) is 0 Å². The van der Waals surface area contributed by atoms with Gasteiger partial charge < -0.3 is 8.85 Å². The lowest BCUT2D eigenvalue weighted by Gasteiger charge is -2.42. The smallest absolute Gasteiger partial charge is 0.258 e. The summed E-state index contributed by atoms with van der Waals surface area (Å²) in [7, 11) is -4.00. The van der Waals surface area contributed by atoms with Crippen molar-refractivity contribution in [1.82, 2.24) is 0 Å². The van der Waals surface area contributed by atoms with E-state index in [9.17, 15) is 0 Å². The second-order valence-electron chi connectivity index (χ2n) is 13.2. The van der Waals surface area contributed by atoms with Crippen LogP contribution in [0.4, 0.5) is 0 Å². The molecule has 0 saturated heterocycles. The van der Waals surface area contributed by atoms with E-state index < -0.39 is 16.6 Å². The fourth-order valence-corrected chi connectivity index (χ4v) is 17.9. The molecule has 2 aromatic rings. The van der Waals surface area contributed by atoms with Crippen molar-refractivity contribution in [3.63, 3.8) is 0 Å². The van der Waals surface area contributed by atoms with Gasteiger partial charge in [-0.1, -0.05) is 94.9 Å². The predicted molar refractivity (Wildman–Crippen MR) is 170 cm³/mol. The lowest BCUT2D eigenvalue weighted by molar-refractivity contribution is 0.478. The molecule has 0 aliphatic heterocycles. The zero-order chi connectivity index (χ0) is 28.4. The fourth-order valence-electron chi connectivity index (χ4n) is 7.44. The zero-order valence-corrected chi connectivity index (χ0v) is 28.2. The highest BCUT2D eigenvalue weighted by atomic mass is 28.4. The Balaban J connectivity index is 1.93. The Morgan fingerprint density at radius 1 is 0.500 bits per heavy atom. The first-order valence-corrected chi connectivity index (χ1v) is 19.2. The van der Waals surface area contributed by atoms with Crippen molar-refractivity contribution in [3.8, 4) is 23.3 Å². The average molecular weight is 549 g/mol. The van der Waals surface area contributed by atoms with Crippen LogP contribution in [-0.2, 0) is 12.8 Å². The lowest BCUT2D eigenvalue weighted by atomic mass is 9.94. The molecule has 1 aliphatic rings. The van der Waals surface area contributed by atoms with E-state index in [2.05, 4.69) is 131 Å². The molecule has 4 heteroatoms. The highest BCUT2D eigenvalue weighted by Gasteiger charge is 2.48. The van der Waals surface area contributed by atoms with Crippen LogP contribution in [0.3, 0.4) is 0 Å². The molecule has 2 aromatic carbocycles. The van der Waals surface area contributed by atoms with Gasteiger partial charge in [0.05, 0.1) is 0 Å². The summed E-state index contributed by atoms with van der Waals surface area (Å²) < 4.78 is 14.0. The quantitative estimate of drug-likeness (QED) is 0.217. The third-order valence-corrected chi connectivity index (χ3v) is 21.2. The molecule has 0 spiro atoms. The number of rotatable bonds is 10. The number of fused-ring (bicyclic) bond motifs is 2. The summed E-state index contributed by atoms with van der Waals surface area (Å²) in [5, 5.41) is 0. The maximum absolute atomic E-state index is 7.01.